The first-order valence-corrected chi connectivity index (χ1v) is 8.17. The van der Waals surface area contributed by atoms with Crippen LogP contribution >= 0.6 is 0 Å². The van der Waals surface area contributed by atoms with E-state index in [-0.39, 0.29) is 11.0 Å². The van der Waals surface area contributed by atoms with Crippen LogP contribution in [0.15, 0.2) is 57.7 Å². The van der Waals surface area contributed by atoms with E-state index in [0.717, 1.165) is 19.3 Å². The fourth-order valence-corrected chi connectivity index (χ4v) is 2.67. The second-order valence-electron chi connectivity index (χ2n) is 5.79. The number of nitro groups is 1. The molecule has 0 unspecified atom stereocenters. The fraction of sp³-hybridized carbons (Fsp3) is 0.211. The number of unbranched alkanes of at least 4 members (excludes halogenated alkanes) is 1. The SMILES string of the molecule is O=c1oc2cc(OCCCCc3ccccc3)ccc2c(O)c1[N+](=O)[O-]. The molecule has 0 fully saturated rings. The summed E-state index contributed by atoms with van der Waals surface area (Å²) in [5, 5.41) is 20.8. The number of hydrogen-bond acceptors (Lipinski definition) is 6. The van der Waals surface area contributed by atoms with Gasteiger partial charge in [0.25, 0.3) is 0 Å². The third kappa shape index (κ3) is 3.83. The molecule has 26 heavy (non-hydrogen) atoms. The van der Waals surface area contributed by atoms with Crippen molar-refractivity contribution in [3.63, 3.8) is 0 Å². The van der Waals surface area contributed by atoms with Gasteiger partial charge in [-0.25, -0.2) is 4.79 Å². The summed E-state index contributed by atoms with van der Waals surface area (Å²) in [5.74, 6) is -0.232. The van der Waals surface area contributed by atoms with Crippen LogP contribution in [0.25, 0.3) is 11.0 Å². The van der Waals surface area contributed by atoms with Crippen molar-refractivity contribution in [3.05, 3.63) is 74.6 Å². The summed E-state index contributed by atoms with van der Waals surface area (Å²) in [6, 6.07) is 14.6. The zero-order valence-corrected chi connectivity index (χ0v) is 13.9. The van der Waals surface area contributed by atoms with E-state index in [1.807, 2.05) is 18.2 Å². The molecule has 0 amide bonds. The smallest absolute Gasteiger partial charge is 0.419 e. The van der Waals surface area contributed by atoms with E-state index in [1.54, 1.807) is 6.07 Å². The van der Waals surface area contributed by atoms with Crippen LogP contribution in [0.2, 0.25) is 0 Å². The Kier molecular flexibility index (Phi) is 5.17. The number of fused-ring (bicyclic) bond motifs is 1. The van der Waals surface area contributed by atoms with Gasteiger partial charge in [-0.15, -0.1) is 0 Å². The molecule has 7 heteroatoms. The lowest BCUT2D eigenvalue weighted by molar-refractivity contribution is -0.388. The number of benzene rings is 2. The monoisotopic (exact) mass is 355 g/mol. The predicted molar refractivity (Wildman–Crippen MR) is 95.7 cm³/mol. The van der Waals surface area contributed by atoms with Crippen LogP contribution in [0.3, 0.4) is 0 Å². The molecule has 1 heterocycles. The summed E-state index contributed by atoms with van der Waals surface area (Å²) in [6.07, 6.45) is 2.79. The minimum absolute atomic E-state index is 0.0416. The Morgan fingerprint density at radius 3 is 2.62 bits per heavy atom. The molecule has 3 aromatic rings. The quantitative estimate of drug-likeness (QED) is 0.299. The highest BCUT2D eigenvalue weighted by Crippen LogP contribution is 2.32. The van der Waals surface area contributed by atoms with Crippen LogP contribution in [-0.4, -0.2) is 16.6 Å². The van der Waals surface area contributed by atoms with Gasteiger partial charge >= 0.3 is 11.3 Å². The number of hydrogen-bond donors (Lipinski definition) is 1. The van der Waals surface area contributed by atoms with Gasteiger partial charge in [-0.2, -0.15) is 0 Å². The maximum Gasteiger partial charge on any atom is 0.419 e. The second kappa shape index (κ2) is 7.69. The average molecular weight is 355 g/mol. The highest BCUT2D eigenvalue weighted by molar-refractivity contribution is 5.87. The summed E-state index contributed by atoms with van der Waals surface area (Å²) in [4.78, 5) is 21.5. The molecule has 0 saturated carbocycles. The number of aryl methyl sites for hydroxylation is 1. The number of aromatic hydroxyl groups is 1. The lowest BCUT2D eigenvalue weighted by Crippen LogP contribution is -2.07. The molecule has 0 aliphatic carbocycles. The minimum atomic E-state index is -1.19. The van der Waals surface area contributed by atoms with Crippen LogP contribution in [0.4, 0.5) is 5.69 Å². The maximum atomic E-state index is 11.6. The molecule has 3 rings (SSSR count). The van der Waals surface area contributed by atoms with Crippen LogP contribution in [0, 0.1) is 10.1 Å². The van der Waals surface area contributed by atoms with Gasteiger partial charge in [-0.1, -0.05) is 30.3 Å². The molecule has 1 aromatic heterocycles. The number of nitrogens with zero attached hydrogens (tertiary/aromatic N) is 1. The van der Waals surface area contributed by atoms with Crippen LogP contribution in [0.5, 0.6) is 11.5 Å². The Morgan fingerprint density at radius 2 is 1.88 bits per heavy atom. The van der Waals surface area contributed by atoms with Gasteiger partial charge in [0.1, 0.15) is 11.3 Å². The van der Waals surface area contributed by atoms with Gasteiger partial charge < -0.3 is 14.3 Å². The van der Waals surface area contributed by atoms with Gasteiger partial charge in [-0.3, -0.25) is 10.1 Å². The van der Waals surface area contributed by atoms with Gasteiger partial charge in [0, 0.05) is 6.07 Å². The zero-order chi connectivity index (χ0) is 18.5. The van der Waals surface area contributed by atoms with E-state index < -0.39 is 22.0 Å². The van der Waals surface area contributed by atoms with Crippen molar-refractivity contribution in [3.8, 4) is 11.5 Å². The first kappa shape index (κ1) is 17.5. The largest absolute Gasteiger partial charge is 0.501 e. The van der Waals surface area contributed by atoms with Crippen molar-refractivity contribution in [2.75, 3.05) is 6.61 Å². The zero-order valence-electron chi connectivity index (χ0n) is 13.9. The van der Waals surface area contributed by atoms with E-state index in [9.17, 15) is 20.0 Å². The summed E-state index contributed by atoms with van der Waals surface area (Å²) in [5.41, 5.74) is -0.843. The van der Waals surface area contributed by atoms with Gasteiger partial charge in [-0.05, 0) is 37.0 Å². The predicted octanol–water partition coefficient (Wildman–Crippen LogP) is 3.81. The molecule has 0 saturated heterocycles. The van der Waals surface area contributed by atoms with E-state index in [2.05, 4.69) is 12.1 Å². The normalized spacial score (nSPS) is 10.8. The maximum absolute atomic E-state index is 11.6. The van der Waals surface area contributed by atoms with Crippen LogP contribution in [0.1, 0.15) is 18.4 Å². The van der Waals surface area contributed by atoms with Crippen molar-refractivity contribution in [1.82, 2.24) is 0 Å². The number of rotatable bonds is 7. The Hall–Kier alpha value is -3.35. The summed E-state index contributed by atoms with van der Waals surface area (Å²) >= 11 is 0. The second-order valence-corrected chi connectivity index (χ2v) is 5.79. The van der Waals surface area contributed by atoms with Crippen molar-refractivity contribution in [2.45, 2.75) is 19.3 Å². The van der Waals surface area contributed by atoms with E-state index in [0.29, 0.717) is 12.4 Å². The average Bonchev–Trinajstić information content (AvgIpc) is 2.61. The molecule has 0 aliphatic heterocycles. The van der Waals surface area contributed by atoms with E-state index >= 15 is 0 Å². The molecule has 0 atom stereocenters. The molecule has 7 nitrogen and oxygen atoms in total. The highest BCUT2D eigenvalue weighted by Gasteiger charge is 2.24. The Labute approximate surface area is 148 Å². The fourth-order valence-electron chi connectivity index (χ4n) is 2.67. The molecule has 1 N–H and O–H groups in total. The summed E-state index contributed by atoms with van der Waals surface area (Å²) in [7, 11) is 0. The Bertz CT molecular complexity index is 980. The molecular weight excluding hydrogens is 338 g/mol. The third-order valence-electron chi connectivity index (χ3n) is 3.98. The van der Waals surface area contributed by atoms with Crippen molar-refractivity contribution < 1.29 is 19.2 Å². The van der Waals surface area contributed by atoms with Crippen LogP contribution < -0.4 is 10.4 Å². The van der Waals surface area contributed by atoms with Crippen LogP contribution in [-0.2, 0) is 6.42 Å². The highest BCUT2D eigenvalue weighted by atomic mass is 16.6. The van der Waals surface area contributed by atoms with Gasteiger partial charge in [0.05, 0.1) is 16.9 Å². The summed E-state index contributed by atoms with van der Waals surface area (Å²) in [6.45, 7) is 0.488. The van der Waals surface area contributed by atoms with Gasteiger partial charge in [0.15, 0.2) is 0 Å². The lowest BCUT2D eigenvalue weighted by Gasteiger charge is -2.07. The first-order chi connectivity index (χ1) is 12.6. The summed E-state index contributed by atoms with van der Waals surface area (Å²) < 4.78 is 10.6. The third-order valence-corrected chi connectivity index (χ3v) is 3.98. The molecule has 0 radical (unpaired) electrons. The van der Waals surface area contributed by atoms with E-state index in [4.69, 9.17) is 9.15 Å². The molecule has 2 aromatic carbocycles. The molecule has 0 bridgehead atoms. The van der Waals surface area contributed by atoms with E-state index in [1.165, 1.54) is 17.7 Å². The van der Waals surface area contributed by atoms with Crippen molar-refractivity contribution in [2.24, 2.45) is 0 Å². The topological polar surface area (TPSA) is 103 Å². The number of ether oxygens (including phenoxy) is 1. The Morgan fingerprint density at radius 1 is 1.12 bits per heavy atom. The lowest BCUT2D eigenvalue weighted by atomic mass is 10.1. The molecule has 0 aliphatic rings. The van der Waals surface area contributed by atoms with Crippen molar-refractivity contribution >= 4 is 16.7 Å². The van der Waals surface area contributed by atoms with Crippen molar-refractivity contribution in [1.29, 1.82) is 0 Å². The molecular formula is C19H17NO6. The standard InChI is InChI=1S/C19H17NO6/c21-18-15-10-9-14(12-16(15)26-19(22)17(18)20(23)24)25-11-5-4-8-13-6-2-1-3-7-13/h1-3,6-7,9-10,12,21H,4-5,8,11H2. The molecule has 0 spiro atoms. The van der Waals surface area contributed by atoms with Gasteiger partial charge in [0.2, 0.25) is 5.75 Å². The Balaban J connectivity index is 1.63. The molecule has 134 valence electrons. The minimum Gasteiger partial charge on any atom is -0.501 e. The first-order valence-electron chi connectivity index (χ1n) is 8.17.